The Balaban J connectivity index is 1.30. The van der Waals surface area contributed by atoms with E-state index in [4.69, 9.17) is 14.2 Å². The Hall–Kier alpha value is -3.61. The SMILES string of the molecule is O=C(C=Cc1ccc2c(c1)OCCO2)OCCN1C(=O)c2ccccc2C1=O. The first kappa shape index (κ1) is 17.8. The van der Waals surface area contributed by atoms with Gasteiger partial charge < -0.3 is 14.2 Å². The summed E-state index contributed by atoms with van der Waals surface area (Å²) in [5.41, 5.74) is 1.51. The standard InChI is InChI=1S/C21H17NO6/c23-19(8-6-14-5-7-17-18(13-14)27-12-11-26-17)28-10-9-22-20(24)15-3-1-2-4-16(15)21(22)25/h1-8,13H,9-12H2. The summed E-state index contributed by atoms with van der Waals surface area (Å²) in [6.07, 6.45) is 2.89. The number of rotatable bonds is 5. The maximum absolute atomic E-state index is 12.2. The number of amides is 2. The van der Waals surface area contributed by atoms with Crippen molar-refractivity contribution in [1.82, 2.24) is 4.90 Å². The molecule has 4 rings (SSSR count). The van der Waals surface area contributed by atoms with Crippen molar-refractivity contribution in [2.75, 3.05) is 26.4 Å². The molecule has 0 spiro atoms. The van der Waals surface area contributed by atoms with Gasteiger partial charge in [-0.15, -0.1) is 0 Å². The van der Waals surface area contributed by atoms with Crippen molar-refractivity contribution in [3.05, 3.63) is 65.2 Å². The lowest BCUT2D eigenvalue weighted by Crippen LogP contribution is -2.33. The van der Waals surface area contributed by atoms with Gasteiger partial charge in [0, 0.05) is 6.08 Å². The second kappa shape index (κ2) is 7.56. The number of nitrogens with zero attached hydrogens (tertiary/aromatic N) is 1. The Morgan fingerprint density at radius 3 is 2.39 bits per heavy atom. The summed E-state index contributed by atoms with van der Waals surface area (Å²) in [7, 11) is 0. The van der Waals surface area contributed by atoms with Crippen LogP contribution in [0.4, 0.5) is 0 Å². The summed E-state index contributed by atoms with van der Waals surface area (Å²) < 4.78 is 16.0. The highest BCUT2D eigenvalue weighted by Gasteiger charge is 2.34. The molecule has 0 aliphatic carbocycles. The third-order valence-corrected chi connectivity index (χ3v) is 4.42. The molecule has 2 aromatic rings. The van der Waals surface area contributed by atoms with Gasteiger partial charge >= 0.3 is 5.97 Å². The quantitative estimate of drug-likeness (QED) is 0.450. The van der Waals surface area contributed by atoms with E-state index in [2.05, 4.69) is 0 Å². The van der Waals surface area contributed by atoms with Gasteiger partial charge in [-0.05, 0) is 35.9 Å². The smallest absolute Gasteiger partial charge is 0.330 e. The minimum Gasteiger partial charge on any atom is -0.486 e. The Bertz CT molecular complexity index is 946. The highest BCUT2D eigenvalue weighted by atomic mass is 16.6. The topological polar surface area (TPSA) is 82.1 Å². The molecule has 0 radical (unpaired) electrons. The molecule has 0 unspecified atom stereocenters. The van der Waals surface area contributed by atoms with Gasteiger partial charge in [0.2, 0.25) is 0 Å². The molecule has 0 atom stereocenters. The molecule has 2 amide bonds. The lowest BCUT2D eigenvalue weighted by atomic mass is 10.1. The first-order valence-corrected chi connectivity index (χ1v) is 8.83. The van der Waals surface area contributed by atoms with Crippen LogP contribution in [0, 0.1) is 0 Å². The van der Waals surface area contributed by atoms with Gasteiger partial charge in [-0.3, -0.25) is 14.5 Å². The van der Waals surface area contributed by atoms with E-state index in [0.717, 1.165) is 10.5 Å². The van der Waals surface area contributed by atoms with Gasteiger partial charge in [-0.1, -0.05) is 18.2 Å². The van der Waals surface area contributed by atoms with E-state index in [0.29, 0.717) is 35.8 Å². The van der Waals surface area contributed by atoms with Crippen molar-refractivity contribution in [1.29, 1.82) is 0 Å². The molecule has 142 valence electrons. The third kappa shape index (κ3) is 3.46. The monoisotopic (exact) mass is 379 g/mol. The van der Waals surface area contributed by atoms with Crippen molar-refractivity contribution in [2.45, 2.75) is 0 Å². The van der Waals surface area contributed by atoms with Crippen molar-refractivity contribution in [3.8, 4) is 11.5 Å². The molecule has 2 aromatic carbocycles. The van der Waals surface area contributed by atoms with Gasteiger partial charge in [0.25, 0.3) is 11.8 Å². The summed E-state index contributed by atoms with van der Waals surface area (Å²) in [5.74, 6) is -0.00208. The predicted molar refractivity (Wildman–Crippen MR) is 99.2 cm³/mol. The van der Waals surface area contributed by atoms with E-state index in [1.165, 1.54) is 6.08 Å². The number of carbonyl (C=O) groups excluding carboxylic acids is 3. The van der Waals surface area contributed by atoms with Gasteiger partial charge in [0.15, 0.2) is 11.5 Å². The summed E-state index contributed by atoms with van der Waals surface area (Å²) in [4.78, 5) is 37.5. The van der Waals surface area contributed by atoms with E-state index < -0.39 is 5.97 Å². The van der Waals surface area contributed by atoms with E-state index in [1.807, 2.05) is 0 Å². The molecule has 0 aromatic heterocycles. The number of hydrogen-bond donors (Lipinski definition) is 0. The van der Waals surface area contributed by atoms with E-state index >= 15 is 0 Å². The molecule has 7 nitrogen and oxygen atoms in total. The largest absolute Gasteiger partial charge is 0.486 e. The summed E-state index contributed by atoms with van der Waals surface area (Å²) in [6.45, 7) is 0.938. The van der Waals surface area contributed by atoms with Crippen molar-refractivity contribution in [2.24, 2.45) is 0 Å². The normalized spacial score (nSPS) is 15.1. The molecule has 0 saturated carbocycles. The molecule has 2 aliphatic heterocycles. The molecule has 0 bridgehead atoms. The van der Waals surface area contributed by atoms with Crippen LogP contribution in [0.15, 0.2) is 48.5 Å². The number of ether oxygens (including phenoxy) is 3. The maximum atomic E-state index is 12.2. The second-order valence-corrected chi connectivity index (χ2v) is 6.21. The number of esters is 1. The highest BCUT2D eigenvalue weighted by molar-refractivity contribution is 6.21. The Kier molecular flexibility index (Phi) is 4.80. The molecule has 2 heterocycles. The van der Waals surface area contributed by atoms with Crippen LogP contribution >= 0.6 is 0 Å². The van der Waals surface area contributed by atoms with Crippen LogP contribution in [-0.4, -0.2) is 49.0 Å². The Morgan fingerprint density at radius 1 is 1.00 bits per heavy atom. The maximum Gasteiger partial charge on any atom is 0.330 e. The summed E-state index contributed by atoms with van der Waals surface area (Å²) in [5, 5.41) is 0. The number of benzene rings is 2. The minimum atomic E-state index is -0.563. The zero-order chi connectivity index (χ0) is 19.5. The Morgan fingerprint density at radius 2 is 1.68 bits per heavy atom. The molecule has 2 aliphatic rings. The van der Waals surface area contributed by atoms with Crippen molar-refractivity contribution >= 4 is 23.9 Å². The zero-order valence-electron chi connectivity index (χ0n) is 14.9. The lowest BCUT2D eigenvalue weighted by molar-refractivity contribution is -0.137. The van der Waals surface area contributed by atoms with Gasteiger partial charge in [0.1, 0.15) is 19.8 Å². The zero-order valence-corrected chi connectivity index (χ0v) is 14.9. The highest BCUT2D eigenvalue weighted by Crippen LogP contribution is 2.31. The van der Waals surface area contributed by atoms with Crippen molar-refractivity contribution in [3.63, 3.8) is 0 Å². The fourth-order valence-electron chi connectivity index (χ4n) is 3.06. The number of hydrogen-bond acceptors (Lipinski definition) is 6. The van der Waals surface area contributed by atoms with Crippen LogP contribution in [0.3, 0.4) is 0 Å². The van der Waals surface area contributed by atoms with Crippen LogP contribution in [-0.2, 0) is 9.53 Å². The number of fused-ring (bicyclic) bond motifs is 2. The van der Waals surface area contributed by atoms with Crippen LogP contribution < -0.4 is 9.47 Å². The second-order valence-electron chi connectivity index (χ2n) is 6.21. The molecule has 7 heteroatoms. The molecule has 0 saturated heterocycles. The molecule has 28 heavy (non-hydrogen) atoms. The van der Waals surface area contributed by atoms with Crippen molar-refractivity contribution < 1.29 is 28.6 Å². The van der Waals surface area contributed by atoms with E-state index in [9.17, 15) is 14.4 Å². The third-order valence-electron chi connectivity index (χ3n) is 4.42. The van der Waals surface area contributed by atoms with Gasteiger partial charge in [-0.2, -0.15) is 0 Å². The Labute approximate surface area is 161 Å². The fraction of sp³-hybridized carbons (Fsp3) is 0.190. The van der Waals surface area contributed by atoms with Gasteiger partial charge in [0.05, 0.1) is 17.7 Å². The van der Waals surface area contributed by atoms with Gasteiger partial charge in [-0.25, -0.2) is 4.79 Å². The molecular weight excluding hydrogens is 362 g/mol. The van der Waals surface area contributed by atoms with Crippen LogP contribution in [0.25, 0.3) is 6.08 Å². The van der Waals surface area contributed by atoms with Crippen LogP contribution in [0.2, 0.25) is 0 Å². The van der Waals surface area contributed by atoms with E-state index in [-0.39, 0.29) is 25.0 Å². The average Bonchev–Trinajstić information content (AvgIpc) is 2.97. The molecule has 0 fully saturated rings. The summed E-state index contributed by atoms with van der Waals surface area (Å²) >= 11 is 0. The molecule has 0 N–H and O–H groups in total. The lowest BCUT2D eigenvalue weighted by Gasteiger charge is -2.18. The average molecular weight is 379 g/mol. The fourth-order valence-corrected chi connectivity index (χ4v) is 3.06. The first-order chi connectivity index (χ1) is 13.6. The first-order valence-electron chi connectivity index (χ1n) is 8.83. The van der Waals surface area contributed by atoms with Crippen LogP contribution in [0.1, 0.15) is 26.3 Å². The molecular formula is C21H17NO6. The number of carbonyl (C=O) groups is 3. The predicted octanol–water partition coefficient (Wildman–Crippen LogP) is 2.31. The summed E-state index contributed by atoms with van der Waals surface area (Å²) in [6, 6.07) is 12.0. The van der Waals surface area contributed by atoms with E-state index in [1.54, 1.807) is 48.5 Å². The van der Waals surface area contributed by atoms with Crippen LogP contribution in [0.5, 0.6) is 11.5 Å². The minimum absolute atomic E-state index is 0.00987. The number of imide groups is 1.